The van der Waals surface area contributed by atoms with Crippen LogP contribution in [0.2, 0.25) is 0 Å². The summed E-state index contributed by atoms with van der Waals surface area (Å²) in [5, 5.41) is 7.23. The molecule has 1 aliphatic heterocycles. The maximum absolute atomic E-state index is 5.68. The van der Waals surface area contributed by atoms with Gasteiger partial charge in [0.1, 0.15) is 0 Å². The Morgan fingerprint density at radius 2 is 2.33 bits per heavy atom. The van der Waals surface area contributed by atoms with Gasteiger partial charge in [-0.1, -0.05) is 5.16 Å². The van der Waals surface area contributed by atoms with E-state index in [9.17, 15) is 0 Å². The molecule has 0 aliphatic carbocycles. The van der Waals surface area contributed by atoms with Crippen LogP contribution in [0.25, 0.3) is 0 Å². The molecule has 2 rings (SSSR count). The lowest BCUT2D eigenvalue weighted by Gasteiger charge is -2.20. The molecule has 0 spiro atoms. The molecule has 0 saturated carbocycles. The Hall–Kier alpha value is -0.940. The van der Waals surface area contributed by atoms with Crippen molar-refractivity contribution >= 4 is 0 Å². The van der Waals surface area contributed by atoms with Gasteiger partial charge in [-0.15, -0.1) is 0 Å². The molecule has 2 atom stereocenters. The van der Waals surface area contributed by atoms with Gasteiger partial charge < -0.3 is 14.6 Å². The first-order valence-corrected chi connectivity index (χ1v) is 6.88. The molecule has 1 aromatic rings. The van der Waals surface area contributed by atoms with Crippen LogP contribution in [0.4, 0.5) is 0 Å². The SMILES string of the molecule is CNC(C)CCc1nc(CC2CCCCO2)no1. The van der Waals surface area contributed by atoms with Crippen molar-refractivity contribution in [3.63, 3.8) is 0 Å². The Labute approximate surface area is 108 Å². The third-order valence-corrected chi connectivity index (χ3v) is 3.48. The quantitative estimate of drug-likeness (QED) is 0.836. The third kappa shape index (κ3) is 4.07. The van der Waals surface area contributed by atoms with Crippen LogP contribution in [0, 0.1) is 0 Å². The molecule has 2 heterocycles. The van der Waals surface area contributed by atoms with E-state index in [-0.39, 0.29) is 6.10 Å². The second-order valence-electron chi connectivity index (χ2n) is 5.03. The van der Waals surface area contributed by atoms with E-state index in [1.54, 1.807) is 0 Å². The normalized spacial score (nSPS) is 22.0. The maximum atomic E-state index is 5.68. The zero-order valence-electron chi connectivity index (χ0n) is 11.3. The molecule has 2 unspecified atom stereocenters. The zero-order chi connectivity index (χ0) is 12.8. The summed E-state index contributed by atoms with van der Waals surface area (Å²) < 4.78 is 10.9. The second kappa shape index (κ2) is 6.85. The Bertz CT molecular complexity index is 348. The number of hydrogen-bond donors (Lipinski definition) is 1. The Kier molecular flexibility index (Phi) is 5.13. The van der Waals surface area contributed by atoms with Gasteiger partial charge in [-0.3, -0.25) is 0 Å². The van der Waals surface area contributed by atoms with Gasteiger partial charge >= 0.3 is 0 Å². The molecule has 0 aromatic carbocycles. The molecule has 1 aliphatic rings. The van der Waals surface area contributed by atoms with E-state index in [4.69, 9.17) is 9.26 Å². The molecule has 1 saturated heterocycles. The fraction of sp³-hybridized carbons (Fsp3) is 0.846. The van der Waals surface area contributed by atoms with Crippen molar-refractivity contribution in [1.29, 1.82) is 0 Å². The first kappa shape index (κ1) is 13.5. The Morgan fingerprint density at radius 1 is 1.44 bits per heavy atom. The van der Waals surface area contributed by atoms with Crippen LogP contribution in [-0.2, 0) is 17.6 Å². The van der Waals surface area contributed by atoms with E-state index < -0.39 is 0 Å². The van der Waals surface area contributed by atoms with Crippen molar-refractivity contribution in [2.75, 3.05) is 13.7 Å². The highest BCUT2D eigenvalue weighted by atomic mass is 16.5. The monoisotopic (exact) mass is 253 g/mol. The topological polar surface area (TPSA) is 60.2 Å². The molecule has 1 fully saturated rings. The number of ether oxygens (including phenoxy) is 1. The molecule has 0 amide bonds. The predicted molar refractivity (Wildman–Crippen MR) is 68.4 cm³/mol. The largest absolute Gasteiger partial charge is 0.378 e. The predicted octanol–water partition coefficient (Wildman–Crippen LogP) is 1.72. The van der Waals surface area contributed by atoms with Gasteiger partial charge in [0.25, 0.3) is 0 Å². The molecule has 1 N–H and O–H groups in total. The summed E-state index contributed by atoms with van der Waals surface area (Å²) in [4.78, 5) is 4.43. The van der Waals surface area contributed by atoms with Crippen LogP contribution in [0.5, 0.6) is 0 Å². The Balaban J connectivity index is 1.78. The molecule has 18 heavy (non-hydrogen) atoms. The van der Waals surface area contributed by atoms with Crippen molar-refractivity contribution in [3.05, 3.63) is 11.7 Å². The molecular weight excluding hydrogens is 230 g/mol. The van der Waals surface area contributed by atoms with E-state index in [0.29, 0.717) is 6.04 Å². The molecule has 5 nitrogen and oxygen atoms in total. The highest BCUT2D eigenvalue weighted by Crippen LogP contribution is 2.16. The molecule has 0 radical (unpaired) electrons. The Morgan fingerprint density at radius 3 is 3.06 bits per heavy atom. The van der Waals surface area contributed by atoms with Gasteiger partial charge in [0.15, 0.2) is 5.82 Å². The van der Waals surface area contributed by atoms with Crippen LogP contribution < -0.4 is 5.32 Å². The van der Waals surface area contributed by atoms with Gasteiger partial charge in [0.05, 0.1) is 6.10 Å². The standard InChI is InChI=1S/C13H23N3O2/c1-10(14-2)6-7-13-15-12(16-18-13)9-11-5-3-4-8-17-11/h10-11,14H,3-9H2,1-2H3. The van der Waals surface area contributed by atoms with Crippen molar-refractivity contribution in [1.82, 2.24) is 15.5 Å². The maximum Gasteiger partial charge on any atom is 0.226 e. The van der Waals surface area contributed by atoms with Crippen LogP contribution in [-0.4, -0.2) is 35.9 Å². The first-order valence-electron chi connectivity index (χ1n) is 6.88. The zero-order valence-corrected chi connectivity index (χ0v) is 11.3. The van der Waals surface area contributed by atoms with E-state index in [0.717, 1.165) is 44.0 Å². The highest BCUT2D eigenvalue weighted by molar-refractivity contribution is 4.90. The van der Waals surface area contributed by atoms with Crippen molar-refractivity contribution < 1.29 is 9.26 Å². The van der Waals surface area contributed by atoms with Crippen LogP contribution in [0.15, 0.2) is 4.52 Å². The minimum absolute atomic E-state index is 0.278. The molecular formula is C13H23N3O2. The summed E-state index contributed by atoms with van der Waals surface area (Å²) >= 11 is 0. The minimum Gasteiger partial charge on any atom is -0.378 e. The summed E-state index contributed by atoms with van der Waals surface area (Å²) in [7, 11) is 1.96. The minimum atomic E-state index is 0.278. The van der Waals surface area contributed by atoms with Crippen molar-refractivity contribution in [2.24, 2.45) is 0 Å². The second-order valence-corrected chi connectivity index (χ2v) is 5.03. The van der Waals surface area contributed by atoms with E-state index in [1.807, 2.05) is 7.05 Å². The average molecular weight is 253 g/mol. The lowest BCUT2D eigenvalue weighted by molar-refractivity contribution is 0.0153. The number of hydrogen-bond acceptors (Lipinski definition) is 5. The van der Waals surface area contributed by atoms with E-state index in [1.165, 1.54) is 12.8 Å². The summed E-state index contributed by atoms with van der Waals surface area (Å²) in [6, 6.07) is 0.474. The van der Waals surface area contributed by atoms with Crippen molar-refractivity contribution in [2.45, 2.75) is 57.6 Å². The van der Waals surface area contributed by atoms with Gasteiger partial charge in [-0.2, -0.15) is 4.98 Å². The molecule has 1 aromatic heterocycles. The number of aromatic nitrogens is 2. The third-order valence-electron chi connectivity index (χ3n) is 3.48. The van der Waals surface area contributed by atoms with Crippen LogP contribution >= 0.6 is 0 Å². The lowest BCUT2D eigenvalue weighted by Crippen LogP contribution is -2.22. The molecule has 0 bridgehead atoms. The van der Waals surface area contributed by atoms with Gasteiger partial charge in [0.2, 0.25) is 5.89 Å². The van der Waals surface area contributed by atoms with E-state index >= 15 is 0 Å². The van der Waals surface area contributed by atoms with Gasteiger partial charge in [-0.25, -0.2) is 0 Å². The first-order chi connectivity index (χ1) is 8.78. The number of rotatable bonds is 6. The lowest BCUT2D eigenvalue weighted by atomic mass is 10.1. The van der Waals surface area contributed by atoms with Crippen LogP contribution in [0.3, 0.4) is 0 Å². The molecule has 5 heteroatoms. The average Bonchev–Trinajstić information content (AvgIpc) is 2.85. The summed E-state index contributed by atoms with van der Waals surface area (Å²) in [5.74, 6) is 1.52. The molecule has 102 valence electrons. The van der Waals surface area contributed by atoms with Gasteiger partial charge in [-0.05, 0) is 39.7 Å². The number of nitrogens with one attached hydrogen (secondary N) is 1. The summed E-state index contributed by atoms with van der Waals surface area (Å²) in [5.41, 5.74) is 0. The summed E-state index contributed by atoms with van der Waals surface area (Å²) in [6.45, 7) is 3.02. The summed E-state index contributed by atoms with van der Waals surface area (Å²) in [6.07, 6.45) is 6.44. The highest BCUT2D eigenvalue weighted by Gasteiger charge is 2.17. The number of nitrogens with zero attached hydrogens (tertiary/aromatic N) is 2. The van der Waals surface area contributed by atoms with Crippen molar-refractivity contribution in [3.8, 4) is 0 Å². The smallest absolute Gasteiger partial charge is 0.226 e. The fourth-order valence-corrected chi connectivity index (χ4v) is 2.13. The number of aryl methyl sites for hydroxylation is 1. The van der Waals surface area contributed by atoms with Gasteiger partial charge in [0, 0.05) is 25.5 Å². The van der Waals surface area contributed by atoms with Crippen LogP contribution in [0.1, 0.15) is 44.3 Å². The fourth-order valence-electron chi connectivity index (χ4n) is 2.13. The van der Waals surface area contributed by atoms with E-state index in [2.05, 4.69) is 22.4 Å².